The summed E-state index contributed by atoms with van der Waals surface area (Å²) in [4.78, 5) is 14.6. The molecule has 2 aromatic heterocycles. The molecule has 0 aromatic carbocycles. The lowest BCUT2D eigenvalue weighted by atomic mass is 10.1. The SMILES string of the molecule is c1nc(NC2CCN(C3CCCC3)C2)c2c3c(sc2n1)CCC3. The molecule has 1 saturated heterocycles. The molecule has 0 spiro atoms. The minimum Gasteiger partial charge on any atom is -0.365 e. The smallest absolute Gasteiger partial charge is 0.138 e. The van der Waals surface area contributed by atoms with Crippen molar-refractivity contribution in [2.24, 2.45) is 0 Å². The third kappa shape index (κ3) is 2.45. The van der Waals surface area contributed by atoms with Crippen molar-refractivity contribution in [1.29, 1.82) is 0 Å². The molecule has 2 aromatic rings. The van der Waals surface area contributed by atoms with Crippen LogP contribution >= 0.6 is 11.3 Å². The monoisotopic (exact) mass is 328 g/mol. The zero-order chi connectivity index (χ0) is 15.2. The molecule has 2 fully saturated rings. The number of fused-ring (bicyclic) bond motifs is 3. The largest absolute Gasteiger partial charge is 0.365 e. The van der Waals surface area contributed by atoms with Gasteiger partial charge in [0.25, 0.3) is 0 Å². The maximum Gasteiger partial charge on any atom is 0.138 e. The third-order valence-electron chi connectivity index (χ3n) is 5.90. The first-order valence-electron chi connectivity index (χ1n) is 9.14. The Hall–Kier alpha value is -1.20. The van der Waals surface area contributed by atoms with Crippen LogP contribution in [0.25, 0.3) is 10.2 Å². The van der Waals surface area contributed by atoms with E-state index >= 15 is 0 Å². The summed E-state index contributed by atoms with van der Waals surface area (Å²) in [5, 5.41) is 5.09. The van der Waals surface area contributed by atoms with Gasteiger partial charge in [-0.3, -0.25) is 4.90 Å². The molecule has 2 aliphatic carbocycles. The lowest BCUT2D eigenvalue weighted by molar-refractivity contribution is 0.245. The van der Waals surface area contributed by atoms with E-state index in [4.69, 9.17) is 0 Å². The Morgan fingerprint density at radius 1 is 1.09 bits per heavy atom. The van der Waals surface area contributed by atoms with Crippen LogP contribution in [0.1, 0.15) is 49.0 Å². The maximum atomic E-state index is 4.61. The molecule has 3 aliphatic rings. The Bertz CT molecular complexity index is 719. The van der Waals surface area contributed by atoms with Crippen LogP contribution in [0.3, 0.4) is 0 Å². The number of nitrogens with one attached hydrogen (secondary N) is 1. The molecule has 1 N–H and O–H groups in total. The Kier molecular flexibility index (Phi) is 3.52. The van der Waals surface area contributed by atoms with Crippen LogP contribution < -0.4 is 5.32 Å². The summed E-state index contributed by atoms with van der Waals surface area (Å²) in [6.45, 7) is 2.43. The Morgan fingerprint density at radius 2 is 2.00 bits per heavy atom. The number of aryl methyl sites for hydroxylation is 2. The van der Waals surface area contributed by atoms with Gasteiger partial charge >= 0.3 is 0 Å². The second-order valence-electron chi connectivity index (χ2n) is 7.32. The Balaban J connectivity index is 1.37. The van der Waals surface area contributed by atoms with E-state index in [9.17, 15) is 0 Å². The molecule has 5 heteroatoms. The second kappa shape index (κ2) is 5.71. The summed E-state index contributed by atoms with van der Waals surface area (Å²) in [5.41, 5.74) is 1.53. The average molecular weight is 328 g/mol. The number of anilines is 1. The quantitative estimate of drug-likeness (QED) is 0.934. The average Bonchev–Trinajstić information content (AvgIpc) is 3.31. The first-order chi connectivity index (χ1) is 11.4. The van der Waals surface area contributed by atoms with Gasteiger partial charge in [0.2, 0.25) is 0 Å². The molecule has 5 rings (SSSR count). The molecular formula is C18H24N4S. The highest BCUT2D eigenvalue weighted by Gasteiger charge is 2.30. The van der Waals surface area contributed by atoms with Gasteiger partial charge in [0.1, 0.15) is 17.0 Å². The van der Waals surface area contributed by atoms with Crippen molar-refractivity contribution in [3.63, 3.8) is 0 Å². The van der Waals surface area contributed by atoms with Crippen molar-refractivity contribution >= 4 is 27.4 Å². The molecule has 0 bridgehead atoms. The predicted octanol–water partition coefficient (Wildman–Crippen LogP) is 3.61. The molecule has 23 heavy (non-hydrogen) atoms. The van der Waals surface area contributed by atoms with Gasteiger partial charge in [0.05, 0.1) is 5.39 Å². The number of nitrogens with zero attached hydrogens (tertiary/aromatic N) is 3. The minimum atomic E-state index is 0.547. The topological polar surface area (TPSA) is 41.1 Å². The molecule has 1 saturated carbocycles. The molecule has 4 nitrogen and oxygen atoms in total. The van der Waals surface area contributed by atoms with Crippen LogP contribution in [-0.4, -0.2) is 40.0 Å². The van der Waals surface area contributed by atoms with Crippen molar-refractivity contribution in [3.05, 3.63) is 16.8 Å². The van der Waals surface area contributed by atoms with Crippen LogP contribution in [0, 0.1) is 0 Å². The summed E-state index contributed by atoms with van der Waals surface area (Å²) >= 11 is 1.88. The molecule has 122 valence electrons. The summed E-state index contributed by atoms with van der Waals surface area (Å²) in [7, 11) is 0. The molecule has 1 atom stereocenters. The van der Waals surface area contributed by atoms with Gasteiger partial charge in [-0.05, 0) is 44.1 Å². The number of likely N-dealkylation sites (tertiary alicyclic amines) is 1. The van der Waals surface area contributed by atoms with Crippen molar-refractivity contribution in [2.75, 3.05) is 18.4 Å². The van der Waals surface area contributed by atoms with Crippen molar-refractivity contribution in [1.82, 2.24) is 14.9 Å². The Labute approximate surface area is 141 Å². The van der Waals surface area contributed by atoms with E-state index in [0.717, 1.165) is 11.9 Å². The van der Waals surface area contributed by atoms with Crippen LogP contribution in [0.5, 0.6) is 0 Å². The summed E-state index contributed by atoms with van der Waals surface area (Å²) < 4.78 is 0. The van der Waals surface area contributed by atoms with Gasteiger partial charge < -0.3 is 5.32 Å². The first kappa shape index (κ1) is 14.2. The van der Waals surface area contributed by atoms with Crippen LogP contribution in [0.15, 0.2) is 6.33 Å². The highest BCUT2D eigenvalue weighted by atomic mass is 32.1. The minimum absolute atomic E-state index is 0.547. The molecule has 1 unspecified atom stereocenters. The first-order valence-corrected chi connectivity index (χ1v) is 9.96. The number of rotatable bonds is 3. The molecule has 0 radical (unpaired) electrons. The van der Waals surface area contributed by atoms with Crippen LogP contribution in [0.2, 0.25) is 0 Å². The van der Waals surface area contributed by atoms with Gasteiger partial charge in [0.15, 0.2) is 0 Å². The van der Waals surface area contributed by atoms with E-state index in [-0.39, 0.29) is 0 Å². The van der Waals surface area contributed by atoms with Crippen molar-refractivity contribution in [2.45, 2.75) is 63.5 Å². The highest BCUT2D eigenvalue weighted by Crippen LogP contribution is 2.39. The maximum absolute atomic E-state index is 4.61. The molecular weight excluding hydrogens is 304 g/mol. The van der Waals surface area contributed by atoms with Crippen molar-refractivity contribution < 1.29 is 0 Å². The number of hydrogen-bond donors (Lipinski definition) is 1. The van der Waals surface area contributed by atoms with Gasteiger partial charge in [0, 0.05) is 30.1 Å². The molecule has 3 heterocycles. The van der Waals surface area contributed by atoms with E-state index in [0.29, 0.717) is 6.04 Å². The third-order valence-corrected chi connectivity index (χ3v) is 7.10. The van der Waals surface area contributed by atoms with Crippen LogP contribution in [-0.2, 0) is 12.8 Å². The number of hydrogen-bond acceptors (Lipinski definition) is 5. The van der Waals surface area contributed by atoms with Gasteiger partial charge in [-0.15, -0.1) is 11.3 Å². The number of aromatic nitrogens is 2. The van der Waals surface area contributed by atoms with Gasteiger partial charge in [-0.1, -0.05) is 12.8 Å². The standard InChI is InChI=1S/C18H24N4S/c1-2-5-13(4-1)22-9-8-12(10-22)21-17-16-14-6-3-7-15(14)23-18(16)20-11-19-17/h11-13H,1-10H2,(H,19,20,21). The lowest BCUT2D eigenvalue weighted by Gasteiger charge is -2.23. The Morgan fingerprint density at radius 3 is 2.91 bits per heavy atom. The fraction of sp³-hybridized carbons (Fsp3) is 0.667. The summed E-state index contributed by atoms with van der Waals surface area (Å²) in [5.74, 6) is 1.09. The zero-order valence-corrected chi connectivity index (χ0v) is 14.4. The van der Waals surface area contributed by atoms with Crippen LogP contribution in [0.4, 0.5) is 5.82 Å². The number of thiophene rings is 1. The molecule has 0 amide bonds. The van der Waals surface area contributed by atoms with E-state index in [1.54, 1.807) is 11.2 Å². The summed E-state index contributed by atoms with van der Waals surface area (Å²) in [6, 6.07) is 1.39. The summed E-state index contributed by atoms with van der Waals surface area (Å²) in [6.07, 6.45) is 12.4. The van der Waals surface area contributed by atoms with E-state index in [1.807, 2.05) is 11.3 Å². The lowest BCUT2D eigenvalue weighted by Crippen LogP contribution is -2.33. The second-order valence-corrected chi connectivity index (χ2v) is 8.41. The normalized spacial score (nSPS) is 25.5. The fourth-order valence-corrected chi connectivity index (χ4v) is 5.97. The predicted molar refractivity (Wildman–Crippen MR) is 95.3 cm³/mol. The highest BCUT2D eigenvalue weighted by molar-refractivity contribution is 7.19. The molecule has 1 aliphatic heterocycles. The van der Waals surface area contributed by atoms with E-state index in [2.05, 4.69) is 20.2 Å². The zero-order valence-electron chi connectivity index (χ0n) is 13.6. The van der Waals surface area contributed by atoms with Gasteiger partial charge in [-0.2, -0.15) is 0 Å². The van der Waals surface area contributed by atoms with E-state index < -0.39 is 0 Å². The fourth-order valence-electron chi connectivity index (χ4n) is 4.74. The van der Waals surface area contributed by atoms with Crippen molar-refractivity contribution in [3.8, 4) is 0 Å². The van der Waals surface area contributed by atoms with Gasteiger partial charge in [-0.25, -0.2) is 9.97 Å². The van der Waals surface area contributed by atoms with E-state index in [1.165, 1.54) is 80.2 Å².